The number of likely N-dealkylation sites (tertiary alicyclic amines) is 1. The minimum Gasteiger partial charge on any atom is -0.358 e. The van der Waals surface area contributed by atoms with Crippen LogP contribution in [0.2, 0.25) is 0 Å². The molecule has 1 aromatic carbocycles. The zero-order valence-electron chi connectivity index (χ0n) is 17.6. The Bertz CT molecular complexity index is 876. The van der Waals surface area contributed by atoms with Gasteiger partial charge in [0.1, 0.15) is 0 Å². The van der Waals surface area contributed by atoms with E-state index in [0.29, 0.717) is 6.54 Å². The molecule has 2 saturated heterocycles. The monoisotopic (exact) mass is 396 g/mol. The fraction of sp³-hybridized carbons (Fsp3) is 0.565. The smallest absolute Gasteiger partial charge is 0.236 e. The first-order chi connectivity index (χ1) is 14.0. The number of aromatic amines is 1. The number of ketones is 1. The molecule has 156 valence electrons. The topological polar surface area (TPSA) is 59.7 Å². The fourth-order valence-electron chi connectivity index (χ4n) is 4.71. The molecule has 2 aliphatic rings. The second kappa shape index (κ2) is 8.67. The molecule has 1 aromatic heterocycles. The first kappa shape index (κ1) is 20.1. The Labute approximate surface area is 172 Å². The van der Waals surface area contributed by atoms with Crippen molar-refractivity contribution in [2.24, 2.45) is 0 Å². The number of nitrogens with one attached hydrogen (secondary N) is 1. The first-order valence-electron chi connectivity index (χ1n) is 10.9. The van der Waals surface area contributed by atoms with Crippen molar-refractivity contribution in [3.05, 3.63) is 35.5 Å². The number of hydrogen-bond acceptors (Lipinski definition) is 4. The molecule has 1 atom stereocenters. The molecule has 0 aliphatic carbocycles. The van der Waals surface area contributed by atoms with Gasteiger partial charge in [0.05, 0.1) is 12.6 Å². The van der Waals surface area contributed by atoms with E-state index in [0.717, 1.165) is 74.3 Å². The third-order valence-electron chi connectivity index (χ3n) is 6.54. The number of benzene rings is 1. The average molecular weight is 397 g/mol. The minimum atomic E-state index is -0.159. The number of aryl methyl sites for hydroxylation is 1. The van der Waals surface area contributed by atoms with Gasteiger partial charge in [0, 0.05) is 61.4 Å². The molecule has 4 rings (SSSR count). The average Bonchev–Trinajstić information content (AvgIpc) is 3.09. The molecule has 29 heavy (non-hydrogen) atoms. The van der Waals surface area contributed by atoms with Crippen molar-refractivity contribution >= 4 is 22.6 Å². The first-order valence-corrected chi connectivity index (χ1v) is 10.9. The second-order valence-electron chi connectivity index (χ2n) is 8.46. The highest BCUT2D eigenvalue weighted by Gasteiger charge is 2.29. The van der Waals surface area contributed by atoms with Crippen LogP contribution in [-0.4, -0.2) is 83.2 Å². The molecule has 3 heterocycles. The molecular weight excluding hydrogens is 364 g/mol. The zero-order valence-corrected chi connectivity index (χ0v) is 17.6. The molecule has 6 nitrogen and oxygen atoms in total. The van der Waals surface area contributed by atoms with Crippen molar-refractivity contribution in [1.29, 1.82) is 0 Å². The summed E-state index contributed by atoms with van der Waals surface area (Å²) in [6, 6.07) is 7.84. The van der Waals surface area contributed by atoms with Gasteiger partial charge in [-0.25, -0.2) is 0 Å². The lowest BCUT2D eigenvalue weighted by Gasteiger charge is -2.38. The van der Waals surface area contributed by atoms with Crippen LogP contribution >= 0.6 is 0 Å². The number of hydrogen-bond donors (Lipinski definition) is 1. The van der Waals surface area contributed by atoms with Gasteiger partial charge in [-0.2, -0.15) is 0 Å². The molecule has 1 amide bonds. The third kappa shape index (κ3) is 4.23. The number of fused-ring (bicyclic) bond motifs is 1. The van der Waals surface area contributed by atoms with Crippen molar-refractivity contribution in [2.75, 3.05) is 45.8 Å². The van der Waals surface area contributed by atoms with Gasteiger partial charge < -0.3 is 9.88 Å². The Balaban J connectivity index is 1.35. The molecule has 0 saturated carbocycles. The Morgan fingerprint density at radius 3 is 2.41 bits per heavy atom. The van der Waals surface area contributed by atoms with Gasteiger partial charge in [0.15, 0.2) is 5.78 Å². The minimum absolute atomic E-state index is 0.159. The number of piperidine rings is 1. The van der Waals surface area contributed by atoms with E-state index in [2.05, 4.69) is 14.8 Å². The van der Waals surface area contributed by atoms with Crippen molar-refractivity contribution < 1.29 is 9.59 Å². The van der Waals surface area contributed by atoms with Crippen molar-refractivity contribution in [1.82, 2.24) is 19.7 Å². The van der Waals surface area contributed by atoms with Crippen LogP contribution in [0.3, 0.4) is 0 Å². The molecule has 1 unspecified atom stereocenters. The molecular formula is C23H32N4O2. The number of Topliss-reactive ketones (excluding diaryl/α,β-unsaturated/α-hetero) is 1. The Morgan fingerprint density at radius 2 is 1.69 bits per heavy atom. The lowest BCUT2D eigenvalue weighted by atomic mass is 10.0. The highest BCUT2D eigenvalue weighted by molar-refractivity contribution is 6.11. The molecule has 2 fully saturated rings. The van der Waals surface area contributed by atoms with E-state index in [-0.39, 0.29) is 17.7 Å². The number of para-hydroxylation sites is 1. The molecule has 2 aliphatic heterocycles. The summed E-state index contributed by atoms with van der Waals surface area (Å²) in [4.78, 5) is 35.6. The van der Waals surface area contributed by atoms with E-state index in [1.807, 2.05) is 43.0 Å². The van der Waals surface area contributed by atoms with E-state index < -0.39 is 0 Å². The SMILES string of the molecule is Cc1[nH]c2ccccc2c1C(=O)C(C)N1CCN(CC(=O)N2CCCCC2)CC1. The maximum Gasteiger partial charge on any atom is 0.236 e. The fourth-order valence-corrected chi connectivity index (χ4v) is 4.71. The van der Waals surface area contributed by atoms with E-state index in [1.165, 1.54) is 6.42 Å². The number of piperazine rings is 1. The summed E-state index contributed by atoms with van der Waals surface area (Å²) in [5.74, 6) is 0.439. The lowest BCUT2D eigenvalue weighted by Crippen LogP contribution is -2.54. The van der Waals surface area contributed by atoms with Crippen LogP contribution in [0.1, 0.15) is 42.2 Å². The summed E-state index contributed by atoms with van der Waals surface area (Å²) in [5.41, 5.74) is 2.77. The predicted octanol–water partition coefficient (Wildman–Crippen LogP) is 2.68. The van der Waals surface area contributed by atoms with Crippen LogP contribution in [0.15, 0.2) is 24.3 Å². The van der Waals surface area contributed by atoms with Crippen LogP contribution in [0.5, 0.6) is 0 Å². The maximum atomic E-state index is 13.3. The third-order valence-corrected chi connectivity index (χ3v) is 6.54. The van der Waals surface area contributed by atoms with Gasteiger partial charge in [-0.05, 0) is 39.2 Å². The Morgan fingerprint density at radius 1 is 1.00 bits per heavy atom. The normalized spacial score (nSPS) is 20.1. The van der Waals surface area contributed by atoms with Crippen LogP contribution < -0.4 is 0 Å². The van der Waals surface area contributed by atoms with Gasteiger partial charge >= 0.3 is 0 Å². The van der Waals surface area contributed by atoms with Gasteiger partial charge in [-0.3, -0.25) is 19.4 Å². The van der Waals surface area contributed by atoms with Crippen LogP contribution in [0.4, 0.5) is 0 Å². The highest BCUT2D eigenvalue weighted by atomic mass is 16.2. The Kier molecular flexibility index (Phi) is 6.01. The molecule has 0 radical (unpaired) electrons. The summed E-state index contributed by atoms with van der Waals surface area (Å²) in [7, 11) is 0. The number of rotatable bonds is 5. The van der Waals surface area contributed by atoms with Crippen molar-refractivity contribution in [3.8, 4) is 0 Å². The molecule has 6 heteroatoms. The predicted molar refractivity (Wildman–Crippen MR) is 115 cm³/mol. The number of H-pyrrole nitrogens is 1. The summed E-state index contributed by atoms with van der Waals surface area (Å²) in [5, 5.41) is 1.01. The van der Waals surface area contributed by atoms with Crippen molar-refractivity contribution in [2.45, 2.75) is 39.2 Å². The summed E-state index contributed by atoms with van der Waals surface area (Å²) in [6.07, 6.45) is 3.50. The molecule has 2 aromatic rings. The second-order valence-corrected chi connectivity index (χ2v) is 8.46. The summed E-state index contributed by atoms with van der Waals surface area (Å²) < 4.78 is 0. The Hall–Kier alpha value is -2.18. The van der Waals surface area contributed by atoms with Gasteiger partial charge in [0.25, 0.3) is 0 Å². The number of carbonyl (C=O) groups excluding carboxylic acids is 2. The van der Waals surface area contributed by atoms with Crippen molar-refractivity contribution in [3.63, 3.8) is 0 Å². The van der Waals surface area contributed by atoms with E-state index in [1.54, 1.807) is 0 Å². The lowest BCUT2D eigenvalue weighted by molar-refractivity contribution is -0.133. The van der Waals surface area contributed by atoms with Gasteiger partial charge in [-0.15, -0.1) is 0 Å². The van der Waals surface area contributed by atoms with Gasteiger partial charge in [0.2, 0.25) is 5.91 Å². The number of nitrogens with zero attached hydrogens (tertiary/aromatic N) is 3. The molecule has 1 N–H and O–H groups in total. The summed E-state index contributed by atoms with van der Waals surface area (Å²) in [6.45, 7) is 9.64. The molecule has 0 spiro atoms. The standard InChI is InChI=1S/C23H32N4O2/c1-17-22(19-8-4-5-9-20(19)24-17)23(29)18(2)26-14-12-25(13-15-26)16-21(28)27-10-6-3-7-11-27/h4-5,8-9,18,24H,3,6-7,10-16H2,1-2H3. The quantitative estimate of drug-likeness (QED) is 0.790. The largest absolute Gasteiger partial charge is 0.358 e. The van der Waals surface area contributed by atoms with Gasteiger partial charge in [-0.1, -0.05) is 18.2 Å². The number of aromatic nitrogens is 1. The molecule has 0 bridgehead atoms. The number of amides is 1. The zero-order chi connectivity index (χ0) is 20.4. The van der Waals surface area contributed by atoms with Crippen LogP contribution in [0, 0.1) is 6.92 Å². The van der Waals surface area contributed by atoms with E-state index >= 15 is 0 Å². The summed E-state index contributed by atoms with van der Waals surface area (Å²) >= 11 is 0. The van der Waals surface area contributed by atoms with E-state index in [4.69, 9.17) is 0 Å². The van der Waals surface area contributed by atoms with E-state index in [9.17, 15) is 9.59 Å². The van der Waals surface area contributed by atoms with Crippen LogP contribution in [-0.2, 0) is 4.79 Å². The van der Waals surface area contributed by atoms with Crippen LogP contribution in [0.25, 0.3) is 10.9 Å². The highest BCUT2D eigenvalue weighted by Crippen LogP contribution is 2.24. The number of carbonyl (C=O) groups is 2. The maximum absolute atomic E-state index is 13.3.